The molecule has 1 heterocycles. The predicted octanol–water partition coefficient (Wildman–Crippen LogP) is 2.63. The average molecular weight is 271 g/mol. The molecule has 0 radical (unpaired) electrons. The monoisotopic (exact) mass is 270 g/mol. The summed E-state index contributed by atoms with van der Waals surface area (Å²) in [6.07, 6.45) is 2.21. The molecule has 0 aliphatic carbocycles. The van der Waals surface area contributed by atoms with Gasteiger partial charge in [0.25, 0.3) is 0 Å². The molecular weight excluding hydrogens is 256 g/mol. The number of nitro benzene ring substituents is 1. The number of rotatable bonds is 4. The van der Waals surface area contributed by atoms with E-state index in [0.717, 1.165) is 25.9 Å². The molecular formula is C12H15ClN2O3. The first-order valence-electron chi connectivity index (χ1n) is 5.94. The molecule has 1 aliphatic rings. The number of ether oxygens (including phenoxy) is 1. The minimum atomic E-state index is -0.472. The van der Waals surface area contributed by atoms with E-state index >= 15 is 0 Å². The lowest BCUT2D eigenvalue weighted by molar-refractivity contribution is -0.385. The number of hydrogen-bond donors (Lipinski definition) is 1. The van der Waals surface area contributed by atoms with E-state index in [9.17, 15) is 10.1 Å². The van der Waals surface area contributed by atoms with Gasteiger partial charge >= 0.3 is 5.69 Å². The van der Waals surface area contributed by atoms with Crippen LogP contribution >= 0.6 is 11.6 Å². The van der Waals surface area contributed by atoms with Crippen molar-refractivity contribution in [1.29, 1.82) is 0 Å². The van der Waals surface area contributed by atoms with Crippen molar-refractivity contribution < 1.29 is 9.66 Å². The molecule has 98 valence electrons. The maximum absolute atomic E-state index is 10.9. The Bertz CT molecular complexity index is 433. The molecule has 18 heavy (non-hydrogen) atoms. The largest absolute Gasteiger partial charge is 0.486 e. The minimum Gasteiger partial charge on any atom is -0.486 e. The van der Waals surface area contributed by atoms with Crippen LogP contribution in [0.2, 0.25) is 5.02 Å². The Labute approximate surface area is 110 Å². The summed E-state index contributed by atoms with van der Waals surface area (Å²) in [5.74, 6) is 0.698. The van der Waals surface area contributed by atoms with Crippen molar-refractivity contribution in [2.24, 2.45) is 5.92 Å². The van der Waals surface area contributed by atoms with Crippen LogP contribution in [0.3, 0.4) is 0 Å². The Morgan fingerprint density at radius 3 is 3.06 bits per heavy atom. The molecule has 1 atom stereocenters. The molecule has 0 spiro atoms. The number of hydrogen-bond acceptors (Lipinski definition) is 4. The average Bonchev–Trinajstić information content (AvgIpc) is 2.38. The fraction of sp³-hybridized carbons (Fsp3) is 0.500. The quantitative estimate of drug-likeness (QED) is 0.675. The van der Waals surface area contributed by atoms with E-state index < -0.39 is 4.92 Å². The topological polar surface area (TPSA) is 64.4 Å². The number of piperidine rings is 1. The Balaban J connectivity index is 2.01. The lowest BCUT2D eigenvalue weighted by Crippen LogP contribution is -2.33. The summed E-state index contributed by atoms with van der Waals surface area (Å²) in [4.78, 5) is 10.4. The number of nitrogens with one attached hydrogen (secondary N) is 1. The van der Waals surface area contributed by atoms with Crippen LogP contribution in [0.15, 0.2) is 18.2 Å². The van der Waals surface area contributed by atoms with E-state index in [1.807, 2.05) is 0 Å². The summed E-state index contributed by atoms with van der Waals surface area (Å²) in [6.45, 7) is 2.44. The maximum atomic E-state index is 10.9. The van der Waals surface area contributed by atoms with Gasteiger partial charge in [0.1, 0.15) is 0 Å². The van der Waals surface area contributed by atoms with Gasteiger partial charge in [0, 0.05) is 23.6 Å². The van der Waals surface area contributed by atoms with E-state index in [1.165, 1.54) is 6.07 Å². The van der Waals surface area contributed by atoms with E-state index in [2.05, 4.69) is 5.32 Å². The lowest BCUT2D eigenvalue weighted by atomic mass is 10.0. The van der Waals surface area contributed by atoms with Crippen LogP contribution in [0, 0.1) is 16.0 Å². The number of nitro groups is 1. The number of halogens is 1. The molecule has 0 aromatic heterocycles. The van der Waals surface area contributed by atoms with Gasteiger partial charge in [-0.1, -0.05) is 11.6 Å². The zero-order valence-corrected chi connectivity index (χ0v) is 10.7. The van der Waals surface area contributed by atoms with Crippen molar-refractivity contribution in [1.82, 2.24) is 5.32 Å². The second-order valence-electron chi connectivity index (χ2n) is 4.39. The van der Waals surface area contributed by atoms with E-state index in [-0.39, 0.29) is 11.4 Å². The molecule has 1 aliphatic heterocycles. The third kappa shape index (κ3) is 3.34. The van der Waals surface area contributed by atoms with Crippen LogP contribution in [0.1, 0.15) is 12.8 Å². The smallest absolute Gasteiger partial charge is 0.312 e. The van der Waals surface area contributed by atoms with Gasteiger partial charge in [-0.15, -0.1) is 0 Å². The molecule has 1 N–H and O–H groups in total. The van der Waals surface area contributed by atoms with Crippen LogP contribution in [0.5, 0.6) is 5.75 Å². The molecule has 0 saturated carbocycles. The molecule has 0 amide bonds. The van der Waals surface area contributed by atoms with Crippen molar-refractivity contribution in [2.45, 2.75) is 12.8 Å². The van der Waals surface area contributed by atoms with Crippen molar-refractivity contribution >= 4 is 17.3 Å². The molecule has 1 aromatic carbocycles. The summed E-state index contributed by atoms with van der Waals surface area (Å²) in [6, 6.07) is 4.47. The van der Waals surface area contributed by atoms with Gasteiger partial charge in [0.15, 0.2) is 5.75 Å². The number of benzene rings is 1. The molecule has 1 saturated heterocycles. The lowest BCUT2D eigenvalue weighted by Gasteiger charge is -2.22. The third-order valence-electron chi connectivity index (χ3n) is 2.99. The normalized spacial score (nSPS) is 19.5. The highest BCUT2D eigenvalue weighted by Gasteiger charge is 2.18. The van der Waals surface area contributed by atoms with Crippen molar-refractivity contribution in [2.75, 3.05) is 19.7 Å². The SMILES string of the molecule is O=[N+]([O-])c1cc(Cl)ccc1OC[C@@H]1CCCNC1. The summed E-state index contributed by atoms with van der Waals surface area (Å²) in [5.41, 5.74) is -0.0775. The summed E-state index contributed by atoms with van der Waals surface area (Å²) >= 11 is 5.74. The molecule has 2 rings (SSSR count). The Hall–Kier alpha value is -1.33. The molecule has 6 heteroatoms. The van der Waals surface area contributed by atoms with Crippen molar-refractivity contribution in [3.05, 3.63) is 33.3 Å². The number of nitrogens with zero attached hydrogens (tertiary/aromatic N) is 1. The van der Waals surface area contributed by atoms with Gasteiger partial charge in [-0.3, -0.25) is 10.1 Å². The first kappa shape index (κ1) is 13.1. The summed E-state index contributed by atoms with van der Waals surface area (Å²) in [7, 11) is 0. The third-order valence-corrected chi connectivity index (χ3v) is 3.23. The summed E-state index contributed by atoms with van der Waals surface area (Å²) in [5, 5.41) is 14.5. The standard InChI is InChI=1S/C12H15ClN2O3/c13-10-3-4-12(11(6-10)15(16)17)18-8-9-2-1-5-14-7-9/h3-4,6,9,14H,1-2,5,7-8H2/t9-/m1/s1. The van der Waals surface area contributed by atoms with Crippen molar-refractivity contribution in [3.63, 3.8) is 0 Å². The Morgan fingerprint density at radius 2 is 2.39 bits per heavy atom. The fourth-order valence-electron chi connectivity index (χ4n) is 2.03. The van der Waals surface area contributed by atoms with Crippen LogP contribution in [-0.4, -0.2) is 24.6 Å². The zero-order valence-electron chi connectivity index (χ0n) is 9.89. The highest BCUT2D eigenvalue weighted by atomic mass is 35.5. The van der Waals surface area contributed by atoms with Gasteiger partial charge in [-0.2, -0.15) is 0 Å². The van der Waals surface area contributed by atoms with Crippen LogP contribution in [0.25, 0.3) is 0 Å². The molecule has 0 unspecified atom stereocenters. The predicted molar refractivity (Wildman–Crippen MR) is 69.2 cm³/mol. The molecule has 5 nitrogen and oxygen atoms in total. The highest BCUT2D eigenvalue weighted by molar-refractivity contribution is 6.30. The van der Waals surface area contributed by atoms with Crippen LogP contribution in [-0.2, 0) is 0 Å². The minimum absolute atomic E-state index is 0.0775. The second-order valence-corrected chi connectivity index (χ2v) is 4.83. The Kier molecular flexibility index (Phi) is 4.38. The molecule has 1 fully saturated rings. The second kappa shape index (κ2) is 6.02. The zero-order chi connectivity index (χ0) is 13.0. The van der Waals surface area contributed by atoms with Crippen molar-refractivity contribution in [3.8, 4) is 5.75 Å². The van der Waals surface area contributed by atoms with Crippen LogP contribution in [0.4, 0.5) is 5.69 Å². The van der Waals surface area contributed by atoms with Gasteiger partial charge in [0.2, 0.25) is 0 Å². The first-order valence-corrected chi connectivity index (χ1v) is 6.32. The van der Waals surface area contributed by atoms with Gasteiger partial charge in [0.05, 0.1) is 11.5 Å². The highest BCUT2D eigenvalue weighted by Crippen LogP contribution is 2.30. The van der Waals surface area contributed by atoms with E-state index in [1.54, 1.807) is 12.1 Å². The first-order chi connectivity index (χ1) is 8.66. The Morgan fingerprint density at radius 1 is 1.56 bits per heavy atom. The molecule has 1 aromatic rings. The molecule has 0 bridgehead atoms. The van der Waals surface area contributed by atoms with Crippen LogP contribution < -0.4 is 10.1 Å². The van der Waals surface area contributed by atoms with E-state index in [4.69, 9.17) is 16.3 Å². The van der Waals surface area contributed by atoms with E-state index in [0.29, 0.717) is 17.5 Å². The summed E-state index contributed by atoms with van der Waals surface area (Å²) < 4.78 is 5.55. The van der Waals surface area contributed by atoms with Gasteiger partial charge < -0.3 is 10.1 Å². The van der Waals surface area contributed by atoms with Gasteiger partial charge in [-0.05, 0) is 31.5 Å². The fourth-order valence-corrected chi connectivity index (χ4v) is 2.20. The maximum Gasteiger partial charge on any atom is 0.312 e. The van der Waals surface area contributed by atoms with Gasteiger partial charge in [-0.25, -0.2) is 0 Å².